The third-order valence-corrected chi connectivity index (χ3v) is 5.96. The molecule has 5 heteroatoms. The van der Waals surface area contributed by atoms with Crippen LogP contribution in [0.25, 0.3) is 16.4 Å². The lowest BCUT2D eigenvalue weighted by molar-refractivity contribution is 0.0980. The smallest absolute Gasteiger partial charge is 0.278 e. The van der Waals surface area contributed by atoms with Crippen molar-refractivity contribution >= 4 is 33.7 Å². The molecule has 1 N–H and O–H groups in total. The van der Waals surface area contributed by atoms with E-state index in [2.05, 4.69) is 55.5 Å². The van der Waals surface area contributed by atoms with E-state index in [4.69, 9.17) is 0 Å². The molecule has 0 fully saturated rings. The standard InChI is InChI=1S/C24H24N4O/c1-4-18-14-27(23-12-16(3)15(2)11-20(23)25-18)24(29)21-13-19-10-9-17-7-5-6-8-22(17)28(19)26-21/h5-13,18,25H,4,14H2,1-3H3. The van der Waals surface area contributed by atoms with Gasteiger partial charge in [-0.15, -0.1) is 0 Å². The van der Waals surface area contributed by atoms with E-state index >= 15 is 0 Å². The number of nitrogens with zero attached hydrogens (tertiary/aromatic N) is 3. The highest BCUT2D eigenvalue weighted by atomic mass is 16.2. The molecule has 1 aliphatic rings. The Balaban J connectivity index is 1.62. The van der Waals surface area contributed by atoms with Gasteiger partial charge in [-0.05, 0) is 61.7 Å². The fourth-order valence-electron chi connectivity index (χ4n) is 4.09. The van der Waals surface area contributed by atoms with Crippen LogP contribution in [0, 0.1) is 13.8 Å². The van der Waals surface area contributed by atoms with Crippen LogP contribution in [0.15, 0.2) is 54.6 Å². The van der Waals surface area contributed by atoms with E-state index in [9.17, 15) is 4.79 Å². The van der Waals surface area contributed by atoms with E-state index in [1.165, 1.54) is 11.1 Å². The summed E-state index contributed by atoms with van der Waals surface area (Å²) in [6, 6.07) is 18.5. The molecular formula is C24H24N4O. The van der Waals surface area contributed by atoms with Gasteiger partial charge < -0.3 is 10.2 Å². The molecule has 5 rings (SSSR count). The Bertz CT molecular complexity index is 1260. The number of aryl methyl sites for hydroxylation is 2. The molecule has 0 saturated carbocycles. The van der Waals surface area contributed by atoms with Gasteiger partial charge in [-0.1, -0.05) is 31.2 Å². The van der Waals surface area contributed by atoms with Crippen molar-refractivity contribution in [1.82, 2.24) is 9.61 Å². The molecule has 4 aromatic rings. The molecule has 0 radical (unpaired) electrons. The average molecular weight is 384 g/mol. The summed E-state index contributed by atoms with van der Waals surface area (Å²) in [4.78, 5) is 15.4. The highest BCUT2D eigenvalue weighted by Crippen LogP contribution is 2.35. The van der Waals surface area contributed by atoms with E-state index in [0.29, 0.717) is 12.2 Å². The lowest BCUT2D eigenvalue weighted by atomic mass is 10.0. The van der Waals surface area contributed by atoms with Crippen molar-refractivity contribution in [3.05, 3.63) is 71.4 Å². The van der Waals surface area contributed by atoms with Crippen molar-refractivity contribution in [2.45, 2.75) is 33.2 Å². The Kier molecular flexibility index (Phi) is 4.05. The normalized spacial score (nSPS) is 16.1. The first-order valence-corrected chi connectivity index (χ1v) is 10.1. The van der Waals surface area contributed by atoms with Gasteiger partial charge in [0.05, 0.1) is 22.4 Å². The number of anilines is 2. The number of rotatable bonds is 2. The van der Waals surface area contributed by atoms with Crippen molar-refractivity contribution in [3.63, 3.8) is 0 Å². The van der Waals surface area contributed by atoms with Crippen LogP contribution < -0.4 is 10.2 Å². The van der Waals surface area contributed by atoms with Crippen molar-refractivity contribution in [2.75, 3.05) is 16.8 Å². The molecule has 5 nitrogen and oxygen atoms in total. The maximum Gasteiger partial charge on any atom is 0.278 e. The van der Waals surface area contributed by atoms with Crippen molar-refractivity contribution in [2.24, 2.45) is 0 Å². The number of aromatic nitrogens is 2. The number of amides is 1. The highest BCUT2D eigenvalue weighted by molar-refractivity contribution is 6.08. The van der Waals surface area contributed by atoms with Gasteiger partial charge in [-0.25, -0.2) is 4.52 Å². The Morgan fingerprint density at radius 2 is 1.90 bits per heavy atom. The van der Waals surface area contributed by atoms with E-state index in [1.54, 1.807) is 0 Å². The topological polar surface area (TPSA) is 49.6 Å². The van der Waals surface area contributed by atoms with E-state index in [-0.39, 0.29) is 11.9 Å². The molecule has 2 aromatic heterocycles. The quantitative estimate of drug-likeness (QED) is 0.532. The Hall–Kier alpha value is -3.34. The highest BCUT2D eigenvalue weighted by Gasteiger charge is 2.30. The zero-order chi connectivity index (χ0) is 20.1. The zero-order valence-corrected chi connectivity index (χ0v) is 16.9. The van der Waals surface area contributed by atoms with Gasteiger partial charge in [0.2, 0.25) is 0 Å². The number of fused-ring (bicyclic) bond motifs is 4. The van der Waals surface area contributed by atoms with Gasteiger partial charge in [-0.2, -0.15) is 5.10 Å². The lowest BCUT2D eigenvalue weighted by Gasteiger charge is -2.36. The molecule has 0 spiro atoms. The summed E-state index contributed by atoms with van der Waals surface area (Å²) < 4.78 is 1.86. The Labute approximate surface area is 169 Å². The van der Waals surface area contributed by atoms with Gasteiger partial charge in [0.25, 0.3) is 5.91 Å². The maximum atomic E-state index is 13.5. The van der Waals surface area contributed by atoms with Crippen LogP contribution in [0.3, 0.4) is 0 Å². The minimum atomic E-state index is -0.0535. The van der Waals surface area contributed by atoms with Crippen LogP contribution in [-0.2, 0) is 0 Å². The SMILES string of the molecule is CCC1CN(C(=O)c2cc3ccc4ccccc4n3n2)c2cc(C)c(C)cc2N1. The van der Waals surface area contributed by atoms with Crippen LogP contribution in [0.2, 0.25) is 0 Å². The van der Waals surface area contributed by atoms with Crippen molar-refractivity contribution in [1.29, 1.82) is 0 Å². The van der Waals surface area contributed by atoms with Crippen molar-refractivity contribution in [3.8, 4) is 0 Å². The summed E-state index contributed by atoms with van der Waals surface area (Å²) in [5.41, 5.74) is 6.76. The first kappa shape index (κ1) is 17.7. The fourth-order valence-corrected chi connectivity index (χ4v) is 4.09. The summed E-state index contributed by atoms with van der Waals surface area (Å²) >= 11 is 0. The molecule has 0 aliphatic carbocycles. The maximum absolute atomic E-state index is 13.5. The van der Waals surface area contributed by atoms with Gasteiger partial charge in [0, 0.05) is 18.0 Å². The molecule has 146 valence electrons. The minimum Gasteiger partial charge on any atom is -0.379 e. The number of para-hydroxylation sites is 1. The molecule has 2 aromatic carbocycles. The van der Waals surface area contributed by atoms with Crippen LogP contribution in [0.4, 0.5) is 11.4 Å². The minimum absolute atomic E-state index is 0.0535. The second kappa shape index (κ2) is 6.62. The van der Waals surface area contributed by atoms with Crippen LogP contribution in [0.5, 0.6) is 0 Å². The molecule has 0 saturated heterocycles. The molecule has 29 heavy (non-hydrogen) atoms. The second-order valence-corrected chi connectivity index (χ2v) is 7.88. The van der Waals surface area contributed by atoms with Crippen LogP contribution >= 0.6 is 0 Å². The third-order valence-electron chi connectivity index (χ3n) is 5.96. The van der Waals surface area contributed by atoms with Gasteiger partial charge >= 0.3 is 0 Å². The van der Waals surface area contributed by atoms with E-state index < -0.39 is 0 Å². The Morgan fingerprint density at radius 3 is 2.72 bits per heavy atom. The van der Waals surface area contributed by atoms with Crippen LogP contribution in [0.1, 0.15) is 35.0 Å². The number of carbonyl (C=O) groups excluding carboxylic acids is 1. The number of carbonyl (C=O) groups is 1. The third kappa shape index (κ3) is 2.85. The molecule has 1 amide bonds. The summed E-state index contributed by atoms with van der Waals surface area (Å²) in [5.74, 6) is -0.0535. The molecule has 1 aliphatic heterocycles. The van der Waals surface area contributed by atoms with E-state index in [0.717, 1.165) is 34.2 Å². The zero-order valence-electron chi connectivity index (χ0n) is 16.9. The van der Waals surface area contributed by atoms with Gasteiger partial charge in [0.15, 0.2) is 5.69 Å². The monoisotopic (exact) mass is 384 g/mol. The first-order valence-electron chi connectivity index (χ1n) is 10.1. The number of hydrogen-bond donors (Lipinski definition) is 1. The predicted octanol–water partition coefficient (Wildman–Crippen LogP) is 4.96. The first-order chi connectivity index (χ1) is 14.0. The number of nitrogens with one attached hydrogen (secondary N) is 1. The largest absolute Gasteiger partial charge is 0.379 e. The summed E-state index contributed by atoms with van der Waals surface area (Å²) in [6.07, 6.45) is 0.950. The van der Waals surface area contributed by atoms with Crippen LogP contribution in [-0.4, -0.2) is 28.1 Å². The van der Waals surface area contributed by atoms with Crippen molar-refractivity contribution < 1.29 is 4.79 Å². The molecule has 1 unspecified atom stereocenters. The average Bonchev–Trinajstić information content (AvgIpc) is 3.18. The van der Waals surface area contributed by atoms with Gasteiger partial charge in [0.1, 0.15) is 0 Å². The summed E-state index contributed by atoms with van der Waals surface area (Å²) in [6.45, 7) is 6.97. The van der Waals surface area contributed by atoms with E-state index in [1.807, 2.05) is 39.7 Å². The molecular weight excluding hydrogens is 360 g/mol. The number of benzene rings is 2. The molecule has 1 atom stereocenters. The summed E-state index contributed by atoms with van der Waals surface area (Å²) in [7, 11) is 0. The second-order valence-electron chi connectivity index (χ2n) is 7.88. The summed E-state index contributed by atoms with van der Waals surface area (Å²) in [5, 5.41) is 9.37. The fraction of sp³-hybridized carbons (Fsp3) is 0.250. The van der Waals surface area contributed by atoms with Gasteiger partial charge in [-0.3, -0.25) is 4.79 Å². The molecule has 3 heterocycles. The lowest BCUT2D eigenvalue weighted by Crippen LogP contribution is -2.44. The molecule has 0 bridgehead atoms. The number of pyridine rings is 1. The number of hydrogen-bond acceptors (Lipinski definition) is 3. The predicted molar refractivity (Wildman–Crippen MR) is 118 cm³/mol. The Morgan fingerprint density at radius 1 is 1.10 bits per heavy atom.